The zero-order valence-corrected chi connectivity index (χ0v) is 16.5. The minimum Gasteiger partial charge on any atom is -0.294 e. The molecule has 0 bridgehead atoms. The molecule has 132 valence electrons. The Bertz CT molecular complexity index is 934. The third-order valence-corrected chi connectivity index (χ3v) is 6.51. The van der Waals surface area contributed by atoms with E-state index in [0.717, 1.165) is 44.5 Å². The van der Waals surface area contributed by atoms with Crippen molar-refractivity contribution in [2.45, 2.75) is 37.3 Å². The Morgan fingerprint density at radius 2 is 2.00 bits per heavy atom. The van der Waals surface area contributed by atoms with Crippen molar-refractivity contribution in [1.29, 1.82) is 0 Å². The van der Waals surface area contributed by atoms with Gasteiger partial charge in [0.15, 0.2) is 5.78 Å². The number of Topliss-reactive ketones (excluding diaryl/α,β-unsaturated/α-hetero) is 1. The van der Waals surface area contributed by atoms with Crippen LogP contribution in [0.4, 0.5) is 0 Å². The number of benzene rings is 1. The maximum Gasteiger partial charge on any atom is 0.164 e. The Morgan fingerprint density at radius 1 is 1.12 bits per heavy atom. The van der Waals surface area contributed by atoms with E-state index in [1.165, 1.54) is 0 Å². The number of pyridine rings is 1. The van der Waals surface area contributed by atoms with Crippen LogP contribution in [0.5, 0.6) is 0 Å². The van der Waals surface area contributed by atoms with Gasteiger partial charge in [-0.15, -0.1) is 23.1 Å². The molecule has 0 saturated heterocycles. The van der Waals surface area contributed by atoms with Gasteiger partial charge in [-0.1, -0.05) is 26.0 Å². The fraction of sp³-hybridized carbons (Fsp3) is 0.286. The Balaban J connectivity index is 1.76. The third-order valence-electron chi connectivity index (χ3n) is 4.61. The van der Waals surface area contributed by atoms with E-state index in [-0.39, 0.29) is 11.2 Å². The van der Waals surface area contributed by atoms with Crippen LogP contribution in [0.25, 0.3) is 10.6 Å². The fourth-order valence-electron chi connectivity index (χ4n) is 3.49. The number of aromatic nitrogens is 2. The number of hydrogen-bond acceptors (Lipinski definition) is 5. The summed E-state index contributed by atoms with van der Waals surface area (Å²) in [6.07, 6.45) is 5.13. The van der Waals surface area contributed by atoms with Crippen LogP contribution in [0, 0.1) is 5.41 Å². The molecule has 0 aliphatic heterocycles. The lowest BCUT2D eigenvalue weighted by Gasteiger charge is -2.32. The minimum absolute atomic E-state index is 0.0135. The second-order valence-corrected chi connectivity index (χ2v) is 9.26. The monoisotopic (exact) mass is 380 g/mol. The fourth-order valence-corrected chi connectivity index (χ4v) is 5.20. The standard InChI is InChI=1S/C21H20N2OS2/c1-21(2)11-16-15(20-23-9-10-25-20)6-7-18(19(16)17(24)12-21)26-13-14-5-3-4-8-22-14/h3-10H,11-13H2,1-2H3. The molecule has 3 nitrogen and oxygen atoms in total. The van der Waals surface area contributed by atoms with Crippen LogP contribution in [0.15, 0.2) is 53.0 Å². The number of rotatable bonds is 4. The number of carbonyl (C=O) groups excluding carboxylic acids is 1. The van der Waals surface area contributed by atoms with Gasteiger partial charge < -0.3 is 0 Å². The van der Waals surface area contributed by atoms with Crippen molar-refractivity contribution in [3.63, 3.8) is 0 Å². The van der Waals surface area contributed by atoms with Crippen LogP contribution in [0.3, 0.4) is 0 Å². The number of fused-ring (bicyclic) bond motifs is 1. The molecule has 1 aliphatic rings. The average Bonchev–Trinajstić information content (AvgIpc) is 3.13. The predicted octanol–water partition coefficient (Wildman–Crippen LogP) is 5.65. The first-order valence-corrected chi connectivity index (χ1v) is 10.5. The molecule has 0 spiro atoms. The first-order chi connectivity index (χ1) is 12.5. The van der Waals surface area contributed by atoms with E-state index in [2.05, 4.69) is 35.9 Å². The summed E-state index contributed by atoms with van der Waals surface area (Å²) in [6.45, 7) is 4.35. The van der Waals surface area contributed by atoms with E-state index in [4.69, 9.17) is 0 Å². The van der Waals surface area contributed by atoms with E-state index in [1.54, 1.807) is 23.1 Å². The summed E-state index contributed by atoms with van der Waals surface area (Å²) in [5.41, 5.74) is 4.18. The van der Waals surface area contributed by atoms with Gasteiger partial charge in [0.2, 0.25) is 0 Å². The second-order valence-electron chi connectivity index (χ2n) is 7.35. The highest BCUT2D eigenvalue weighted by molar-refractivity contribution is 7.98. The molecule has 1 aliphatic carbocycles. The summed E-state index contributed by atoms with van der Waals surface area (Å²) >= 11 is 3.32. The van der Waals surface area contributed by atoms with Gasteiger partial charge in [-0.05, 0) is 35.6 Å². The van der Waals surface area contributed by atoms with Crippen LogP contribution in [-0.2, 0) is 12.2 Å². The van der Waals surface area contributed by atoms with Crippen LogP contribution in [0.2, 0.25) is 0 Å². The molecule has 0 saturated carbocycles. The molecular formula is C21H20N2OS2. The van der Waals surface area contributed by atoms with Gasteiger partial charge in [0.25, 0.3) is 0 Å². The largest absolute Gasteiger partial charge is 0.294 e. The Kier molecular flexibility index (Phi) is 4.67. The number of hydrogen-bond donors (Lipinski definition) is 0. The van der Waals surface area contributed by atoms with E-state index < -0.39 is 0 Å². The lowest BCUT2D eigenvalue weighted by atomic mass is 9.72. The molecule has 0 atom stereocenters. The molecular weight excluding hydrogens is 360 g/mol. The molecule has 0 unspecified atom stereocenters. The van der Waals surface area contributed by atoms with Crippen LogP contribution < -0.4 is 0 Å². The van der Waals surface area contributed by atoms with Crippen molar-refractivity contribution in [2.75, 3.05) is 0 Å². The van der Waals surface area contributed by atoms with Gasteiger partial charge in [0.05, 0.1) is 5.69 Å². The summed E-state index contributed by atoms with van der Waals surface area (Å²) in [6, 6.07) is 10.2. The third kappa shape index (κ3) is 3.46. The molecule has 2 aromatic heterocycles. The number of ketones is 1. The first kappa shape index (κ1) is 17.4. The normalized spacial score (nSPS) is 15.7. The van der Waals surface area contributed by atoms with Crippen LogP contribution in [0.1, 0.15) is 41.9 Å². The quantitative estimate of drug-likeness (QED) is 0.548. The number of thioether (sulfide) groups is 1. The molecule has 0 fully saturated rings. The summed E-state index contributed by atoms with van der Waals surface area (Å²) in [5.74, 6) is 1.01. The van der Waals surface area contributed by atoms with Crippen molar-refractivity contribution in [3.05, 3.63) is 64.9 Å². The topological polar surface area (TPSA) is 42.9 Å². The van der Waals surface area contributed by atoms with Crippen molar-refractivity contribution in [3.8, 4) is 10.6 Å². The Labute approximate surface area is 161 Å². The number of carbonyl (C=O) groups is 1. The summed E-state index contributed by atoms with van der Waals surface area (Å²) in [4.78, 5) is 22.9. The average molecular weight is 381 g/mol. The molecule has 1 aromatic carbocycles. The highest BCUT2D eigenvalue weighted by Crippen LogP contribution is 2.43. The van der Waals surface area contributed by atoms with Gasteiger partial charge in [-0.3, -0.25) is 9.78 Å². The predicted molar refractivity (Wildman–Crippen MR) is 108 cm³/mol. The lowest BCUT2D eigenvalue weighted by molar-refractivity contribution is 0.0909. The van der Waals surface area contributed by atoms with Crippen LogP contribution in [-0.4, -0.2) is 15.8 Å². The van der Waals surface area contributed by atoms with E-state index in [9.17, 15) is 4.79 Å². The SMILES string of the molecule is CC1(C)CC(=O)c2c(SCc3ccccn3)ccc(-c3nccs3)c2C1. The molecule has 4 rings (SSSR count). The molecule has 3 aromatic rings. The molecule has 5 heteroatoms. The van der Waals surface area contributed by atoms with Gasteiger partial charge in [-0.2, -0.15) is 0 Å². The van der Waals surface area contributed by atoms with Crippen molar-refractivity contribution < 1.29 is 4.79 Å². The van der Waals surface area contributed by atoms with Crippen LogP contribution >= 0.6 is 23.1 Å². The maximum absolute atomic E-state index is 13.0. The van der Waals surface area contributed by atoms with Crippen molar-refractivity contribution in [1.82, 2.24) is 9.97 Å². The minimum atomic E-state index is -0.0135. The summed E-state index contributed by atoms with van der Waals surface area (Å²) in [5, 5.41) is 2.98. The summed E-state index contributed by atoms with van der Waals surface area (Å²) in [7, 11) is 0. The molecule has 26 heavy (non-hydrogen) atoms. The van der Waals surface area contributed by atoms with E-state index in [0.29, 0.717) is 6.42 Å². The molecule has 0 amide bonds. The number of thiazole rings is 1. The van der Waals surface area contributed by atoms with Gasteiger partial charge in [-0.25, -0.2) is 4.98 Å². The molecule has 2 heterocycles. The van der Waals surface area contributed by atoms with Gasteiger partial charge in [0.1, 0.15) is 5.01 Å². The zero-order chi connectivity index (χ0) is 18.1. The Morgan fingerprint density at radius 3 is 2.73 bits per heavy atom. The second kappa shape index (κ2) is 6.97. The van der Waals surface area contributed by atoms with Gasteiger partial charge in [0, 0.05) is 46.0 Å². The maximum atomic E-state index is 13.0. The van der Waals surface area contributed by atoms with E-state index in [1.807, 2.05) is 36.0 Å². The lowest BCUT2D eigenvalue weighted by Crippen LogP contribution is -2.28. The Hall–Kier alpha value is -1.98. The van der Waals surface area contributed by atoms with Gasteiger partial charge >= 0.3 is 0 Å². The molecule has 0 N–H and O–H groups in total. The first-order valence-electron chi connectivity index (χ1n) is 8.65. The highest BCUT2D eigenvalue weighted by Gasteiger charge is 2.34. The highest BCUT2D eigenvalue weighted by atomic mass is 32.2. The van der Waals surface area contributed by atoms with E-state index >= 15 is 0 Å². The van der Waals surface area contributed by atoms with Crippen molar-refractivity contribution in [2.24, 2.45) is 5.41 Å². The molecule has 0 radical (unpaired) electrons. The smallest absolute Gasteiger partial charge is 0.164 e. The summed E-state index contributed by atoms with van der Waals surface area (Å²) < 4.78 is 0. The number of nitrogens with zero attached hydrogens (tertiary/aromatic N) is 2. The zero-order valence-electron chi connectivity index (χ0n) is 14.9. The van der Waals surface area contributed by atoms with Crippen molar-refractivity contribution >= 4 is 28.9 Å².